The van der Waals surface area contributed by atoms with Gasteiger partial charge < -0.3 is 9.30 Å². The van der Waals surface area contributed by atoms with E-state index >= 15 is 0 Å². The lowest BCUT2D eigenvalue weighted by atomic mass is 9.85. The molecular formula is C18H29N3O. The standard InChI is InChI=1S/C18H29N3O/c1-3-15(4-1)8-20-9-17(13-22-12-16-5-2-6-16)10-21-14-19-7-18(21)11-20/h7,14-17H,1-6,8-13H2/t17-/m1/s1. The molecule has 0 radical (unpaired) electrons. The Bertz CT molecular complexity index is 478. The molecule has 1 atom stereocenters. The summed E-state index contributed by atoms with van der Waals surface area (Å²) < 4.78 is 8.40. The van der Waals surface area contributed by atoms with E-state index in [0.717, 1.165) is 38.1 Å². The number of nitrogens with zero attached hydrogens (tertiary/aromatic N) is 3. The zero-order valence-electron chi connectivity index (χ0n) is 13.6. The molecule has 122 valence electrons. The van der Waals surface area contributed by atoms with Crippen molar-refractivity contribution in [3.8, 4) is 0 Å². The summed E-state index contributed by atoms with van der Waals surface area (Å²) in [5, 5.41) is 0. The maximum atomic E-state index is 6.06. The van der Waals surface area contributed by atoms with Crippen molar-refractivity contribution < 1.29 is 4.74 Å². The lowest BCUT2D eigenvalue weighted by molar-refractivity contribution is 0.0335. The van der Waals surface area contributed by atoms with Gasteiger partial charge in [-0.15, -0.1) is 0 Å². The fourth-order valence-corrected chi connectivity index (χ4v) is 3.98. The Morgan fingerprint density at radius 2 is 1.77 bits per heavy atom. The topological polar surface area (TPSA) is 30.3 Å². The molecule has 0 N–H and O–H groups in total. The number of ether oxygens (including phenoxy) is 1. The monoisotopic (exact) mass is 303 g/mol. The minimum Gasteiger partial charge on any atom is -0.381 e. The number of hydrogen-bond acceptors (Lipinski definition) is 3. The fourth-order valence-electron chi connectivity index (χ4n) is 3.98. The number of rotatable bonds is 6. The van der Waals surface area contributed by atoms with Gasteiger partial charge in [-0.05, 0) is 37.5 Å². The predicted octanol–water partition coefficient (Wildman–Crippen LogP) is 2.93. The molecule has 2 fully saturated rings. The molecule has 0 amide bonds. The molecule has 3 aliphatic rings. The molecule has 0 spiro atoms. The normalized spacial score (nSPS) is 27.0. The summed E-state index contributed by atoms with van der Waals surface area (Å²) in [4.78, 5) is 7.01. The highest BCUT2D eigenvalue weighted by Crippen LogP contribution is 2.29. The van der Waals surface area contributed by atoms with Crippen LogP contribution in [-0.4, -0.2) is 40.8 Å². The van der Waals surface area contributed by atoms with Crippen molar-refractivity contribution in [3.05, 3.63) is 18.2 Å². The Balaban J connectivity index is 1.34. The molecule has 22 heavy (non-hydrogen) atoms. The Labute approximate surface area is 133 Å². The summed E-state index contributed by atoms with van der Waals surface area (Å²) in [5.41, 5.74) is 1.38. The van der Waals surface area contributed by atoms with E-state index in [1.54, 1.807) is 0 Å². The Kier molecular flexibility index (Phi) is 4.49. The smallest absolute Gasteiger partial charge is 0.0948 e. The van der Waals surface area contributed by atoms with E-state index in [4.69, 9.17) is 4.74 Å². The third-order valence-electron chi connectivity index (χ3n) is 5.83. The molecule has 0 unspecified atom stereocenters. The first kappa shape index (κ1) is 14.7. The average Bonchev–Trinajstić information content (AvgIpc) is 2.76. The highest BCUT2D eigenvalue weighted by Gasteiger charge is 2.27. The van der Waals surface area contributed by atoms with Crippen LogP contribution in [0.3, 0.4) is 0 Å². The van der Waals surface area contributed by atoms with Crippen LogP contribution in [0.1, 0.15) is 44.2 Å². The quantitative estimate of drug-likeness (QED) is 0.809. The van der Waals surface area contributed by atoms with Crippen LogP contribution in [0.5, 0.6) is 0 Å². The second-order valence-corrected chi connectivity index (χ2v) is 7.73. The minimum atomic E-state index is 0.607. The minimum absolute atomic E-state index is 0.607. The Morgan fingerprint density at radius 3 is 2.50 bits per heavy atom. The molecule has 4 rings (SSSR count). The van der Waals surface area contributed by atoms with E-state index in [-0.39, 0.29) is 0 Å². The van der Waals surface area contributed by atoms with E-state index in [2.05, 4.69) is 14.5 Å². The van der Waals surface area contributed by atoms with Crippen molar-refractivity contribution in [2.75, 3.05) is 26.3 Å². The van der Waals surface area contributed by atoms with Gasteiger partial charge in [-0.2, -0.15) is 0 Å². The van der Waals surface area contributed by atoms with Crippen molar-refractivity contribution >= 4 is 0 Å². The van der Waals surface area contributed by atoms with Gasteiger partial charge in [0, 0.05) is 44.9 Å². The molecule has 0 bridgehead atoms. The van der Waals surface area contributed by atoms with Crippen LogP contribution in [0.4, 0.5) is 0 Å². The van der Waals surface area contributed by atoms with Gasteiger partial charge in [0.05, 0.1) is 18.6 Å². The summed E-state index contributed by atoms with van der Waals surface area (Å²) in [7, 11) is 0. The molecule has 4 heteroatoms. The van der Waals surface area contributed by atoms with Gasteiger partial charge in [-0.1, -0.05) is 12.8 Å². The number of aromatic nitrogens is 2. The molecule has 2 heterocycles. The second-order valence-electron chi connectivity index (χ2n) is 7.73. The third kappa shape index (κ3) is 3.38. The Morgan fingerprint density at radius 1 is 1.00 bits per heavy atom. The Hall–Kier alpha value is -0.870. The molecule has 0 saturated heterocycles. The van der Waals surface area contributed by atoms with E-state index in [1.807, 2.05) is 12.5 Å². The highest BCUT2D eigenvalue weighted by molar-refractivity contribution is 5.01. The molecule has 2 saturated carbocycles. The van der Waals surface area contributed by atoms with Crippen LogP contribution in [0.25, 0.3) is 0 Å². The van der Waals surface area contributed by atoms with Crippen LogP contribution in [0.15, 0.2) is 12.5 Å². The maximum absolute atomic E-state index is 6.06. The van der Waals surface area contributed by atoms with Crippen LogP contribution >= 0.6 is 0 Å². The molecular weight excluding hydrogens is 274 g/mol. The van der Waals surface area contributed by atoms with Crippen molar-refractivity contribution in [1.29, 1.82) is 0 Å². The lowest BCUT2D eigenvalue weighted by Crippen LogP contribution is -2.36. The molecule has 4 nitrogen and oxygen atoms in total. The van der Waals surface area contributed by atoms with Gasteiger partial charge in [0.2, 0.25) is 0 Å². The summed E-state index contributed by atoms with van der Waals surface area (Å²) >= 11 is 0. The zero-order valence-corrected chi connectivity index (χ0v) is 13.6. The zero-order chi connectivity index (χ0) is 14.8. The van der Waals surface area contributed by atoms with Crippen molar-refractivity contribution in [1.82, 2.24) is 14.5 Å². The van der Waals surface area contributed by atoms with Crippen molar-refractivity contribution in [3.63, 3.8) is 0 Å². The van der Waals surface area contributed by atoms with Crippen LogP contribution in [-0.2, 0) is 17.8 Å². The third-order valence-corrected chi connectivity index (χ3v) is 5.83. The largest absolute Gasteiger partial charge is 0.381 e. The van der Waals surface area contributed by atoms with E-state index in [0.29, 0.717) is 5.92 Å². The van der Waals surface area contributed by atoms with Crippen LogP contribution < -0.4 is 0 Å². The van der Waals surface area contributed by atoms with Gasteiger partial charge in [0.15, 0.2) is 0 Å². The van der Waals surface area contributed by atoms with Gasteiger partial charge in [0.1, 0.15) is 0 Å². The van der Waals surface area contributed by atoms with Crippen LogP contribution in [0, 0.1) is 17.8 Å². The van der Waals surface area contributed by atoms with Gasteiger partial charge in [-0.3, -0.25) is 4.90 Å². The second kappa shape index (κ2) is 6.71. The summed E-state index contributed by atoms with van der Waals surface area (Å²) in [5.74, 6) is 2.39. The van der Waals surface area contributed by atoms with Gasteiger partial charge >= 0.3 is 0 Å². The van der Waals surface area contributed by atoms with Crippen molar-refractivity contribution in [2.45, 2.75) is 51.6 Å². The highest BCUT2D eigenvalue weighted by atomic mass is 16.5. The number of fused-ring (bicyclic) bond motifs is 1. The first-order valence-corrected chi connectivity index (χ1v) is 9.16. The van der Waals surface area contributed by atoms with E-state index < -0.39 is 0 Å². The first-order chi connectivity index (χ1) is 10.9. The summed E-state index contributed by atoms with van der Waals surface area (Å²) in [6, 6.07) is 0. The number of hydrogen-bond donors (Lipinski definition) is 0. The molecule has 2 aliphatic carbocycles. The predicted molar refractivity (Wildman–Crippen MR) is 86.5 cm³/mol. The maximum Gasteiger partial charge on any atom is 0.0948 e. The summed E-state index contributed by atoms with van der Waals surface area (Å²) in [6.07, 6.45) is 12.5. The SMILES string of the molecule is c1ncn2c1CN(CC1CCC1)C[C@@H](COCC1CCC1)C2. The molecule has 1 aromatic rings. The lowest BCUT2D eigenvalue weighted by Gasteiger charge is -2.33. The first-order valence-electron chi connectivity index (χ1n) is 9.16. The average molecular weight is 303 g/mol. The van der Waals surface area contributed by atoms with Crippen molar-refractivity contribution in [2.24, 2.45) is 17.8 Å². The van der Waals surface area contributed by atoms with Crippen LogP contribution in [0.2, 0.25) is 0 Å². The van der Waals surface area contributed by atoms with Gasteiger partial charge in [-0.25, -0.2) is 4.98 Å². The van der Waals surface area contributed by atoms with E-state index in [9.17, 15) is 0 Å². The van der Waals surface area contributed by atoms with Gasteiger partial charge in [0.25, 0.3) is 0 Å². The fraction of sp³-hybridized carbons (Fsp3) is 0.833. The molecule has 1 aliphatic heterocycles. The number of imidazole rings is 1. The van der Waals surface area contributed by atoms with E-state index in [1.165, 1.54) is 57.3 Å². The molecule has 1 aromatic heterocycles. The summed E-state index contributed by atoms with van der Waals surface area (Å²) in [6.45, 7) is 6.48. The molecule has 0 aromatic carbocycles.